The Balaban J connectivity index is 2.21. The van der Waals surface area contributed by atoms with E-state index in [4.69, 9.17) is 0 Å². The molecular formula is C14H10F2NO4S2-. The number of aromatic carboxylic acids is 1. The van der Waals surface area contributed by atoms with Gasteiger partial charge in [-0.05, 0) is 42.0 Å². The zero-order chi connectivity index (χ0) is 17.0. The molecule has 1 N–H and O–H groups in total. The lowest BCUT2D eigenvalue weighted by Gasteiger charge is -2.10. The van der Waals surface area contributed by atoms with Crippen LogP contribution in [0, 0.1) is 0 Å². The fourth-order valence-electron chi connectivity index (χ4n) is 1.71. The van der Waals surface area contributed by atoms with Gasteiger partial charge in [0.1, 0.15) is 0 Å². The van der Waals surface area contributed by atoms with Gasteiger partial charge in [0.15, 0.2) is 0 Å². The van der Waals surface area contributed by atoms with Gasteiger partial charge in [0.05, 0.1) is 10.9 Å². The van der Waals surface area contributed by atoms with Gasteiger partial charge >= 0.3 is 0 Å². The molecule has 2 aromatic rings. The van der Waals surface area contributed by atoms with Crippen LogP contribution < -0.4 is 9.83 Å². The Morgan fingerprint density at radius 2 is 1.78 bits per heavy atom. The second-order valence-corrected chi connectivity index (χ2v) is 7.07. The summed E-state index contributed by atoms with van der Waals surface area (Å²) in [6, 6.07) is 10.1. The number of rotatable bonds is 6. The second kappa shape index (κ2) is 6.97. The lowest BCUT2D eigenvalue weighted by atomic mass is 10.2. The van der Waals surface area contributed by atoms with Crippen LogP contribution in [0.4, 0.5) is 14.5 Å². The topological polar surface area (TPSA) is 86.3 Å². The molecule has 0 unspecified atom stereocenters. The molecule has 0 saturated heterocycles. The van der Waals surface area contributed by atoms with Crippen LogP contribution in [0.1, 0.15) is 10.4 Å². The fourth-order valence-corrected chi connectivity index (χ4v) is 3.31. The number of nitrogens with one attached hydrogen (secondary N) is 1. The Hall–Kier alpha value is -2.13. The van der Waals surface area contributed by atoms with Gasteiger partial charge in [-0.1, -0.05) is 23.9 Å². The lowest BCUT2D eigenvalue weighted by molar-refractivity contribution is -0.255. The normalized spacial score (nSPS) is 11.4. The molecule has 23 heavy (non-hydrogen) atoms. The van der Waals surface area contributed by atoms with Crippen LogP contribution in [-0.4, -0.2) is 20.1 Å². The van der Waals surface area contributed by atoms with Gasteiger partial charge in [0, 0.05) is 10.6 Å². The molecule has 122 valence electrons. The lowest BCUT2D eigenvalue weighted by Crippen LogP contribution is -2.23. The number of hydrogen-bond acceptors (Lipinski definition) is 5. The summed E-state index contributed by atoms with van der Waals surface area (Å²) in [7, 11) is -4.00. The van der Waals surface area contributed by atoms with Gasteiger partial charge in [-0.25, -0.2) is 8.42 Å². The maximum atomic E-state index is 12.2. The van der Waals surface area contributed by atoms with Crippen molar-refractivity contribution in [3.8, 4) is 0 Å². The Morgan fingerprint density at radius 1 is 1.13 bits per heavy atom. The average Bonchev–Trinajstić information content (AvgIpc) is 2.48. The van der Waals surface area contributed by atoms with Crippen molar-refractivity contribution in [2.75, 3.05) is 4.72 Å². The van der Waals surface area contributed by atoms with Crippen LogP contribution in [0.15, 0.2) is 58.3 Å². The minimum absolute atomic E-state index is 0.169. The fraction of sp³-hybridized carbons (Fsp3) is 0.0714. The van der Waals surface area contributed by atoms with Crippen molar-refractivity contribution in [2.45, 2.75) is 15.5 Å². The van der Waals surface area contributed by atoms with Crippen molar-refractivity contribution in [2.24, 2.45) is 0 Å². The number of carboxylic acids is 1. The Labute approximate surface area is 135 Å². The van der Waals surface area contributed by atoms with Crippen LogP contribution in [0.25, 0.3) is 0 Å². The van der Waals surface area contributed by atoms with E-state index in [0.717, 1.165) is 6.07 Å². The highest BCUT2D eigenvalue weighted by molar-refractivity contribution is 7.99. The number of thioether (sulfide) groups is 1. The van der Waals surface area contributed by atoms with Gasteiger partial charge in [-0.15, -0.1) is 0 Å². The van der Waals surface area contributed by atoms with Crippen LogP contribution in [0.3, 0.4) is 0 Å². The molecule has 2 rings (SSSR count). The number of sulfonamides is 1. The number of carboxylic acid groups (broad SMARTS) is 1. The molecule has 0 aliphatic heterocycles. The van der Waals surface area contributed by atoms with E-state index in [1.165, 1.54) is 42.5 Å². The Morgan fingerprint density at radius 3 is 2.35 bits per heavy atom. The summed E-state index contributed by atoms with van der Waals surface area (Å²) in [5.74, 6) is -4.06. The van der Waals surface area contributed by atoms with E-state index in [1.54, 1.807) is 0 Å². The van der Waals surface area contributed by atoms with E-state index in [0.29, 0.717) is 16.7 Å². The quantitative estimate of drug-likeness (QED) is 0.800. The first kappa shape index (κ1) is 17.2. The molecule has 0 fully saturated rings. The summed E-state index contributed by atoms with van der Waals surface area (Å²) in [5, 5.41) is 10.8. The van der Waals surface area contributed by atoms with Crippen molar-refractivity contribution < 1.29 is 27.1 Å². The monoisotopic (exact) mass is 358 g/mol. The zero-order valence-electron chi connectivity index (χ0n) is 11.4. The molecule has 0 saturated carbocycles. The van der Waals surface area contributed by atoms with E-state index in [9.17, 15) is 27.1 Å². The molecule has 2 aromatic carbocycles. The maximum Gasteiger partial charge on any atom is 0.288 e. The third-order valence-electron chi connectivity index (χ3n) is 2.71. The first-order valence-electron chi connectivity index (χ1n) is 6.17. The van der Waals surface area contributed by atoms with Crippen LogP contribution >= 0.6 is 11.8 Å². The zero-order valence-corrected chi connectivity index (χ0v) is 13.0. The number of anilines is 1. The number of halogens is 2. The summed E-state index contributed by atoms with van der Waals surface area (Å²) in [5.41, 5.74) is -0.0981. The van der Waals surface area contributed by atoms with E-state index >= 15 is 0 Å². The smallest absolute Gasteiger partial charge is 0.288 e. The molecule has 0 heterocycles. The third-order valence-corrected chi connectivity index (χ3v) is 4.81. The SMILES string of the molecule is O=C([O-])c1cccc(S(=O)(=O)Nc2ccc(SC(F)F)cc2)c1. The largest absolute Gasteiger partial charge is 0.545 e. The van der Waals surface area contributed by atoms with E-state index < -0.39 is 21.8 Å². The minimum atomic E-state index is -4.00. The van der Waals surface area contributed by atoms with Crippen molar-refractivity contribution in [1.82, 2.24) is 0 Å². The predicted molar refractivity (Wildman–Crippen MR) is 79.9 cm³/mol. The summed E-state index contributed by atoms with van der Waals surface area (Å²) < 4.78 is 51.1. The number of carbonyl (C=O) groups is 1. The molecule has 0 aliphatic carbocycles. The summed E-state index contributed by atoms with van der Waals surface area (Å²) in [4.78, 5) is 10.8. The van der Waals surface area contributed by atoms with Gasteiger partial charge in [-0.3, -0.25) is 4.72 Å². The van der Waals surface area contributed by atoms with Gasteiger partial charge in [0.25, 0.3) is 15.8 Å². The number of benzene rings is 2. The van der Waals surface area contributed by atoms with Gasteiger partial charge in [-0.2, -0.15) is 8.78 Å². The molecule has 0 aromatic heterocycles. The molecular weight excluding hydrogens is 348 g/mol. The number of carbonyl (C=O) groups excluding carboxylic acids is 1. The molecule has 5 nitrogen and oxygen atoms in total. The predicted octanol–water partition coefficient (Wildman–Crippen LogP) is 2.17. The maximum absolute atomic E-state index is 12.2. The highest BCUT2D eigenvalue weighted by Crippen LogP contribution is 2.27. The van der Waals surface area contributed by atoms with Crippen molar-refractivity contribution in [3.05, 3.63) is 54.1 Å². The molecule has 0 spiro atoms. The Bertz CT molecular complexity index is 808. The number of alkyl halides is 2. The van der Waals surface area contributed by atoms with Gasteiger partial charge in [0.2, 0.25) is 0 Å². The second-order valence-electron chi connectivity index (χ2n) is 4.32. The summed E-state index contributed by atoms with van der Waals surface area (Å²) in [6.45, 7) is 0. The third kappa shape index (κ3) is 4.67. The summed E-state index contributed by atoms with van der Waals surface area (Å²) >= 11 is 0.344. The van der Waals surface area contributed by atoms with E-state index in [-0.39, 0.29) is 16.1 Å². The first-order valence-corrected chi connectivity index (χ1v) is 8.53. The molecule has 0 amide bonds. The van der Waals surface area contributed by atoms with Crippen LogP contribution in [0.2, 0.25) is 0 Å². The molecule has 0 atom stereocenters. The van der Waals surface area contributed by atoms with E-state index in [1.807, 2.05) is 0 Å². The molecule has 0 aliphatic rings. The van der Waals surface area contributed by atoms with Crippen LogP contribution in [0.5, 0.6) is 0 Å². The highest BCUT2D eigenvalue weighted by atomic mass is 32.2. The Kier molecular flexibility index (Phi) is 5.22. The van der Waals surface area contributed by atoms with E-state index in [2.05, 4.69) is 4.72 Å². The molecule has 0 radical (unpaired) electrons. The summed E-state index contributed by atoms with van der Waals surface area (Å²) in [6.07, 6.45) is 0. The van der Waals surface area contributed by atoms with Gasteiger partial charge < -0.3 is 9.90 Å². The molecule has 9 heteroatoms. The van der Waals surface area contributed by atoms with Crippen molar-refractivity contribution >= 4 is 33.4 Å². The standard InChI is InChI=1S/C14H11F2NO4S2/c15-14(16)22-11-6-4-10(5-7-11)17-23(20,21)12-3-1-2-9(8-12)13(18)19/h1-8,14,17H,(H,18,19)/p-1. The molecule has 0 bridgehead atoms. The van der Waals surface area contributed by atoms with Crippen LogP contribution in [-0.2, 0) is 10.0 Å². The first-order chi connectivity index (χ1) is 10.8. The number of hydrogen-bond donors (Lipinski definition) is 1. The average molecular weight is 358 g/mol. The van der Waals surface area contributed by atoms with Crippen molar-refractivity contribution in [3.63, 3.8) is 0 Å². The van der Waals surface area contributed by atoms with Crippen molar-refractivity contribution in [1.29, 1.82) is 0 Å². The highest BCUT2D eigenvalue weighted by Gasteiger charge is 2.15. The minimum Gasteiger partial charge on any atom is -0.545 e.